The lowest BCUT2D eigenvalue weighted by atomic mass is 10.3. The van der Waals surface area contributed by atoms with E-state index in [0.29, 0.717) is 12.4 Å². The molecule has 3 rings (SSSR count). The Kier molecular flexibility index (Phi) is 3.33. The van der Waals surface area contributed by atoms with Crippen LogP contribution in [0.2, 0.25) is 0 Å². The molecule has 0 saturated carbocycles. The van der Waals surface area contributed by atoms with Gasteiger partial charge < -0.3 is 9.09 Å². The maximum Gasteiger partial charge on any atom is 0.133 e. The van der Waals surface area contributed by atoms with Gasteiger partial charge in [0.2, 0.25) is 0 Å². The summed E-state index contributed by atoms with van der Waals surface area (Å²) in [6.45, 7) is 2.48. The first-order valence-corrected chi connectivity index (χ1v) is 7.13. The van der Waals surface area contributed by atoms with Crippen molar-refractivity contribution in [2.24, 2.45) is 0 Å². The van der Waals surface area contributed by atoms with Crippen LogP contribution in [0.25, 0.3) is 11.0 Å². The summed E-state index contributed by atoms with van der Waals surface area (Å²) in [5, 5.41) is 4.02. The van der Waals surface area contributed by atoms with E-state index < -0.39 is 0 Å². The molecular formula is C13H11BrClN3O. The number of imidazole rings is 1. The first-order valence-electron chi connectivity index (χ1n) is 5.80. The zero-order chi connectivity index (χ0) is 13.4. The van der Waals surface area contributed by atoms with Gasteiger partial charge in [0.25, 0.3) is 0 Å². The normalized spacial score (nSPS) is 11.3. The van der Waals surface area contributed by atoms with Gasteiger partial charge in [-0.3, -0.25) is 0 Å². The monoisotopic (exact) mass is 339 g/mol. The third-order valence-electron chi connectivity index (χ3n) is 2.91. The van der Waals surface area contributed by atoms with Crippen molar-refractivity contribution < 1.29 is 4.52 Å². The summed E-state index contributed by atoms with van der Waals surface area (Å²) in [7, 11) is 0. The van der Waals surface area contributed by atoms with Crippen LogP contribution in [0.3, 0.4) is 0 Å². The number of nitrogens with zero attached hydrogens (tertiary/aromatic N) is 3. The van der Waals surface area contributed by atoms with Gasteiger partial charge in [-0.25, -0.2) is 4.98 Å². The predicted molar refractivity (Wildman–Crippen MR) is 77.3 cm³/mol. The minimum Gasteiger partial charge on any atom is -0.361 e. The van der Waals surface area contributed by atoms with E-state index in [4.69, 9.17) is 16.1 Å². The van der Waals surface area contributed by atoms with Crippen LogP contribution < -0.4 is 0 Å². The van der Waals surface area contributed by atoms with E-state index in [1.165, 1.54) is 0 Å². The van der Waals surface area contributed by atoms with Gasteiger partial charge in [0, 0.05) is 10.5 Å². The predicted octanol–water partition coefficient (Wildman–Crippen LogP) is 3.88. The molecule has 6 heteroatoms. The van der Waals surface area contributed by atoms with Crippen molar-refractivity contribution in [3.63, 3.8) is 0 Å². The highest BCUT2D eigenvalue weighted by molar-refractivity contribution is 9.10. The van der Waals surface area contributed by atoms with Crippen molar-refractivity contribution in [1.29, 1.82) is 0 Å². The first-order chi connectivity index (χ1) is 9.17. The lowest BCUT2D eigenvalue weighted by Gasteiger charge is -2.05. The quantitative estimate of drug-likeness (QED) is 0.680. The molecule has 0 bridgehead atoms. The second-order valence-corrected chi connectivity index (χ2v) is 5.49. The van der Waals surface area contributed by atoms with Gasteiger partial charge in [-0.2, -0.15) is 0 Å². The number of aryl methyl sites for hydroxylation is 1. The molecule has 0 aliphatic carbocycles. The van der Waals surface area contributed by atoms with Crippen molar-refractivity contribution in [3.8, 4) is 0 Å². The Balaban J connectivity index is 2.12. The third kappa shape index (κ3) is 2.40. The van der Waals surface area contributed by atoms with Crippen LogP contribution in [0.15, 0.2) is 33.3 Å². The topological polar surface area (TPSA) is 43.9 Å². The highest BCUT2D eigenvalue weighted by Gasteiger charge is 2.12. The van der Waals surface area contributed by atoms with Crippen molar-refractivity contribution in [2.75, 3.05) is 0 Å². The smallest absolute Gasteiger partial charge is 0.133 e. The molecule has 19 heavy (non-hydrogen) atoms. The average molecular weight is 341 g/mol. The van der Waals surface area contributed by atoms with Crippen molar-refractivity contribution in [2.45, 2.75) is 19.3 Å². The number of alkyl halides is 1. The van der Waals surface area contributed by atoms with Crippen LogP contribution in [0.4, 0.5) is 0 Å². The Bertz CT molecular complexity index is 735. The summed E-state index contributed by atoms with van der Waals surface area (Å²) < 4.78 is 8.17. The summed E-state index contributed by atoms with van der Waals surface area (Å²) in [6.07, 6.45) is 0. The molecule has 0 aliphatic rings. The highest BCUT2D eigenvalue weighted by atomic mass is 79.9. The number of benzene rings is 1. The molecule has 0 spiro atoms. The van der Waals surface area contributed by atoms with Gasteiger partial charge in [-0.05, 0) is 25.1 Å². The zero-order valence-corrected chi connectivity index (χ0v) is 12.6. The lowest BCUT2D eigenvalue weighted by molar-refractivity contribution is 0.389. The SMILES string of the molecule is Cc1cc(Cn2c(CCl)nc3ccc(Br)cc32)no1. The second kappa shape index (κ2) is 4.98. The van der Waals surface area contributed by atoms with E-state index in [0.717, 1.165) is 32.8 Å². The fourth-order valence-electron chi connectivity index (χ4n) is 2.08. The molecule has 0 N–H and O–H groups in total. The number of hydrogen-bond donors (Lipinski definition) is 0. The number of halogens is 2. The summed E-state index contributed by atoms with van der Waals surface area (Å²) in [5.41, 5.74) is 2.83. The molecule has 3 aromatic rings. The Hall–Kier alpha value is -1.33. The van der Waals surface area contributed by atoms with E-state index in [1.54, 1.807) is 0 Å². The van der Waals surface area contributed by atoms with Crippen LogP contribution >= 0.6 is 27.5 Å². The molecule has 0 unspecified atom stereocenters. The van der Waals surface area contributed by atoms with Crippen LogP contribution in [0, 0.1) is 6.92 Å². The Morgan fingerprint density at radius 2 is 2.21 bits per heavy atom. The minimum atomic E-state index is 0.364. The van der Waals surface area contributed by atoms with Crippen molar-refractivity contribution >= 4 is 38.6 Å². The number of fused-ring (bicyclic) bond motifs is 1. The maximum atomic E-state index is 5.98. The standard InChI is InChI=1S/C13H11BrClN3O/c1-8-4-10(17-19-8)7-18-12-5-9(14)2-3-11(12)16-13(18)6-15/h2-5H,6-7H2,1H3. The van der Waals surface area contributed by atoms with Crippen molar-refractivity contribution in [1.82, 2.24) is 14.7 Å². The second-order valence-electron chi connectivity index (χ2n) is 4.31. The lowest BCUT2D eigenvalue weighted by Crippen LogP contribution is -2.04. The number of rotatable bonds is 3. The van der Waals surface area contributed by atoms with E-state index in [9.17, 15) is 0 Å². The molecule has 0 radical (unpaired) electrons. The average Bonchev–Trinajstić information content (AvgIpc) is 2.94. The number of hydrogen-bond acceptors (Lipinski definition) is 3. The third-order valence-corrected chi connectivity index (χ3v) is 3.64. The Morgan fingerprint density at radius 3 is 2.89 bits per heavy atom. The minimum absolute atomic E-state index is 0.364. The number of aromatic nitrogens is 3. The van der Waals surface area contributed by atoms with E-state index >= 15 is 0 Å². The van der Waals surface area contributed by atoms with Gasteiger partial charge in [0.15, 0.2) is 0 Å². The van der Waals surface area contributed by atoms with Gasteiger partial charge in [-0.15, -0.1) is 11.6 Å². The molecule has 2 aromatic heterocycles. The van der Waals surface area contributed by atoms with Gasteiger partial charge in [-0.1, -0.05) is 21.1 Å². The highest BCUT2D eigenvalue weighted by Crippen LogP contribution is 2.23. The Morgan fingerprint density at radius 1 is 1.37 bits per heavy atom. The van der Waals surface area contributed by atoms with Crippen LogP contribution in [-0.2, 0) is 12.4 Å². The molecule has 2 heterocycles. The molecular weight excluding hydrogens is 330 g/mol. The van der Waals surface area contributed by atoms with Gasteiger partial charge in [0.1, 0.15) is 17.3 Å². The molecule has 0 aliphatic heterocycles. The van der Waals surface area contributed by atoms with Gasteiger partial charge in [0.05, 0.1) is 23.5 Å². The maximum absolute atomic E-state index is 5.98. The summed E-state index contributed by atoms with van der Waals surface area (Å²) in [6, 6.07) is 7.89. The molecule has 1 aromatic carbocycles. The zero-order valence-electron chi connectivity index (χ0n) is 10.2. The molecule has 4 nitrogen and oxygen atoms in total. The van der Waals surface area contributed by atoms with Crippen LogP contribution in [0.5, 0.6) is 0 Å². The first kappa shape index (κ1) is 12.7. The fraction of sp³-hybridized carbons (Fsp3) is 0.231. The largest absolute Gasteiger partial charge is 0.361 e. The summed E-state index contributed by atoms with van der Waals surface area (Å²) in [4.78, 5) is 4.53. The van der Waals surface area contributed by atoms with E-state index in [-0.39, 0.29) is 0 Å². The Labute approximate surface area is 123 Å². The van der Waals surface area contributed by atoms with E-state index in [2.05, 4.69) is 30.6 Å². The van der Waals surface area contributed by atoms with E-state index in [1.807, 2.05) is 31.2 Å². The molecule has 0 atom stereocenters. The molecule has 0 fully saturated rings. The van der Waals surface area contributed by atoms with Crippen molar-refractivity contribution in [3.05, 3.63) is 46.0 Å². The van der Waals surface area contributed by atoms with Crippen LogP contribution in [0.1, 0.15) is 17.3 Å². The molecule has 0 amide bonds. The summed E-state index contributed by atoms with van der Waals surface area (Å²) >= 11 is 9.45. The van der Waals surface area contributed by atoms with Gasteiger partial charge >= 0.3 is 0 Å². The molecule has 98 valence electrons. The molecule has 0 saturated heterocycles. The summed E-state index contributed by atoms with van der Waals surface area (Å²) in [5.74, 6) is 1.99. The van der Waals surface area contributed by atoms with Crippen LogP contribution in [-0.4, -0.2) is 14.7 Å². The fourth-order valence-corrected chi connectivity index (χ4v) is 2.63.